The number of nitrogens with zero attached hydrogens (tertiary/aromatic N) is 2. The minimum absolute atomic E-state index is 0.440. The molecular formula is C16H22N2O3S. The third-order valence-corrected chi connectivity index (χ3v) is 5.24. The molecule has 0 bridgehead atoms. The van der Waals surface area contributed by atoms with Gasteiger partial charge in [0.25, 0.3) is 0 Å². The van der Waals surface area contributed by atoms with Crippen molar-refractivity contribution in [3.8, 4) is 0 Å². The lowest BCUT2D eigenvalue weighted by Gasteiger charge is -2.32. The predicted octanol–water partition coefficient (Wildman–Crippen LogP) is 3.27. The summed E-state index contributed by atoms with van der Waals surface area (Å²) in [5, 5.41) is 4.15. The highest BCUT2D eigenvalue weighted by molar-refractivity contribution is 7.11. The van der Waals surface area contributed by atoms with Crippen LogP contribution in [0, 0.1) is 6.92 Å². The van der Waals surface area contributed by atoms with Gasteiger partial charge in [0.1, 0.15) is 5.60 Å². The van der Waals surface area contributed by atoms with E-state index >= 15 is 0 Å². The zero-order chi connectivity index (χ0) is 15.4. The average molecular weight is 322 g/mol. The second-order valence-corrected chi connectivity index (χ2v) is 7.06. The largest absolute Gasteiger partial charge is 0.381 e. The molecular weight excluding hydrogens is 300 g/mol. The third kappa shape index (κ3) is 3.39. The van der Waals surface area contributed by atoms with Gasteiger partial charge in [-0.2, -0.15) is 4.98 Å². The van der Waals surface area contributed by atoms with Crippen LogP contribution < -0.4 is 0 Å². The summed E-state index contributed by atoms with van der Waals surface area (Å²) >= 11 is 1.85. The van der Waals surface area contributed by atoms with E-state index in [-0.39, 0.29) is 0 Å². The van der Waals surface area contributed by atoms with Crippen molar-refractivity contribution in [2.24, 2.45) is 0 Å². The molecule has 0 unspecified atom stereocenters. The van der Waals surface area contributed by atoms with Gasteiger partial charge < -0.3 is 14.0 Å². The molecule has 3 rings (SSSR count). The Balaban J connectivity index is 1.58. The second kappa shape index (κ2) is 6.89. The standard InChI is InChI=1S/C16H22N2O3S/c1-12-6-7-13(22-12)4-3-5-14-17-15(18-21-14)16(19-2)8-10-20-11-9-16/h6-7H,3-5,8-11H2,1-2H3. The first-order chi connectivity index (χ1) is 10.7. The fourth-order valence-corrected chi connectivity index (χ4v) is 3.73. The normalized spacial score (nSPS) is 17.7. The van der Waals surface area contributed by atoms with E-state index in [1.165, 1.54) is 9.75 Å². The minimum atomic E-state index is -0.440. The van der Waals surface area contributed by atoms with Crippen molar-refractivity contribution in [1.29, 1.82) is 0 Å². The van der Waals surface area contributed by atoms with Crippen molar-refractivity contribution in [2.45, 2.75) is 44.6 Å². The molecule has 3 heterocycles. The summed E-state index contributed by atoms with van der Waals surface area (Å²) in [6, 6.07) is 4.36. The van der Waals surface area contributed by atoms with Crippen LogP contribution in [-0.2, 0) is 27.9 Å². The SMILES string of the molecule is COC1(c2noc(CCCc3ccc(C)s3)n2)CCOCC1. The number of rotatable bonds is 6. The Bertz CT molecular complexity index is 602. The fourth-order valence-electron chi connectivity index (χ4n) is 2.79. The molecule has 1 saturated heterocycles. The van der Waals surface area contributed by atoms with Crippen molar-refractivity contribution in [2.75, 3.05) is 20.3 Å². The summed E-state index contributed by atoms with van der Waals surface area (Å²) in [5.41, 5.74) is -0.440. The second-order valence-electron chi connectivity index (χ2n) is 5.69. The maximum absolute atomic E-state index is 5.69. The van der Waals surface area contributed by atoms with Crippen molar-refractivity contribution in [3.63, 3.8) is 0 Å². The molecule has 1 fully saturated rings. The van der Waals surface area contributed by atoms with Crippen LogP contribution in [-0.4, -0.2) is 30.5 Å². The molecule has 1 aliphatic rings. The predicted molar refractivity (Wildman–Crippen MR) is 84.1 cm³/mol. The van der Waals surface area contributed by atoms with Gasteiger partial charge in [-0.3, -0.25) is 0 Å². The van der Waals surface area contributed by atoms with Crippen LogP contribution >= 0.6 is 11.3 Å². The number of ether oxygens (including phenoxy) is 2. The number of methoxy groups -OCH3 is 1. The molecule has 5 nitrogen and oxygen atoms in total. The first-order valence-corrected chi connectivity index (χ1v) is 8.55. The smallest absolute Gasteiger partial charge is 0.226 e. The Morgan fingerprint density at radius 3 is 2.77 bits per heavy atom. The average Bonchev–Trinajstić information content (AvgIpc) is 3.18. The van der Waals surface area contributed by atoms with Gasteiger partial charge in [-0.15, -0.1) is 11.3 Å². The van der Waals surface area contributed by atoms with Crippen LogP contribution in [0.1, 0.15) is 40.7 Å². The van der Waals surface area contributed by atoms with Gasteiger partial charge in [-0.05, 0) is 31.9 Å². The van der Waals surface area contributed by atoms with Crippen LogP contribution in [0.3, 0.4) is 0 Å². The number of hydrogen-bond acceptors (Lipinski definition) is 6. The molecule has 22 heavy (non-hydrogen) atoms. The number of hydrogen-bond donors (Lipinski definition) is 0. The highest BCUT2D eigenvalue weighted by atomic mass is 32.1. The minimum Gasteiger partial charge on any atom is -0.381 e. The van der Waals surface area contributed by atoms with E-state index in [0.717, 1.165) is 32.1 Å². The first-order valence-electron chi connectivity index (χ1n) is 7.73. The van der Waals surface area contributed by atoms with E-state index in [2.05, 4.69) is 29.2 Å². The number of aryl methyl sites for hydroxylation is 3. The van der Waals surface area contributed by atoms with Gasteiger partial charge in [0.2, 0.25) is 11.7 Å². The third-order valence-electron chi connectivity index (χ3n) is 4.18. The molecule has 0 amide bonds. The Morgan fingerprint density at radius 2 is 2.09 bits per heavy atom. The zero-order valence-electron chi connectivity index (χ0n) is 13.1. The highest BCUT2D eigenvalue weighted by Crippen LogP contribution is 2.33. The first kappa shape index (κ1) is 15.6. The maximum atomic E-state index is 5.69. The summed E-state index contributed by atoms with van der Waals surface area (Å²) in [7, 11) is 1.71. The molecule has 0 aromatic carbocycles. The lowest BCUT2D eigenvalue weighted by Crippen LogP contribution is -2.36. The molecule has 0 atom stereocenters. The summed E-state index contributed by atoms with van der Waals surface area (Å²) in [4.78, 5) is 7.33. The molecule has 0 N–H and O–H groups in total. The number of thiophene rings is 1. The van der Waals surface area contributed by atoms with Crippen LogP contribution in [0.15, 0.2) is 16.7 Å². The van der Waals surface area contributed by atoms with Crippen molar-refractivity contribution >= 4 is 11.3 Å². The summed E-state index contributed by atoms with van der Waals surface area (Å²) in [5.74, 6) is 1.37. The van der Waals surface area contributed by atoms with Gasteiger partial charge in [-0.25, -0.2) is 0 Å². The van der Waals surface area contributed by atoms with Gasteiger partial charge in [0, 0.05) is 49.3 Å². The Morgan fingerprint density at radius 1 is 1.27 bits per heavy atom. The topological polar surface area (TPSA) is 57.4 Å². The van der Waals surface area contributed by atoms with Crippen LogP contribution in [0.5, 0.6) is 0 Å². The molecule has 0 spiro atoms. The Kier molecular flexibility index (Phi) is 4.90. The molecule has 2 aromatic heterocycles. The highest BCUT2D eigenvalue weighted by Gasteiger charge is 2.39. The monoisotopic (exact) mass is 322 g/mol. The van der Waals surface area contributed by atoms with E-state index in [0.29, 0.717) is 24.9 Å². The van der Waals surface area contributed by atoms with E-state index in [1.807, 2.05) is 11.3 Å². The summed E-state index contributed by atoms with van der Waals surface area (Å²) in [6.07, 6.45) is 4.43. The molecule has 120 valence electrons. The van der Waals surface area contributed by atoms with Gasteiger partial charge in [0.05, 0.1) is 0 Å². The van der Waals surface area contributed by atoms with Crippen LogP contribution in [0.4, 0.5) is 0 Å². The van der Waals surface area contributed by atoms with E-state index in [4.69, 9.17) is 14.0 Å². The van der Waals surface area contributed by atoms with Crippen LogP contribution in [0.25, 0.3) is 0 Å². The van der Waals surface area contributed by atoms with E-state index < -0.39 is 5.60 Å². The van der Waals surface area contributed by atoms with E-state index in [9.17, 15) is 0 Å². The molecule has 1 aliphatic heterocycles. The van der Waals surface area contributed by atoms with Crippen molar-refractivity contribution in [3.05, 3.63) is 33.6 Å². The zero-order valence-corrected chi connectivity index (χ0v) is 13.9. The maximum Gasteiger partial charge on any atom is 0.226 e. The lowest BCUT2D eigenvalue weighted by atomic mass is 9.93. The molecule has 0 radical (unpaired) electrons. The van der Waals surface area contributed by atoms with Crippen LogP contribution in [0.2, 0.25) is 0 Å². The summed E-state index contributed by atoms with van der Waals surface area (Å²) in [6.45, 7) is 3.49. The van der Waals surface area contributed by atoms with Crippen molar-refractivity contribution in [1.82, 2.24) is 10.1 Å². The van der Waals surface area contributed by atoms with Gasteiger partial charge >= 0.3 is 0 Å². The molecule has 0 aliphatic carbocycles. The molecule has 6 heteroatoms. The Hall–Kier alpha value is -1.24. The fraction of sp³-hybridized carbons (Fsp3) is 0.625. The lowest BCUT2D eigenvalue weighted by molar-refractivity contribution is -0.101. The molecule has 2 aromatic rings. The van der Waals surface area contributed by atoms with Gasteiger partial charge in [-0.1, -0.05) is 5.16 Å². The quantitative estimate of drug-likeness (QED) is 0.817. The number of aromatic nitrogens is 2. The molecule has 0 saturated carbocycles. The van der Waals surface area contributed by atoms with Gasteiger partial charge in [0.15, 0.2) is 0 Å². The van der Waals surface area contributed by atoms with Crippen molar-refractivity contribution < 1.29 is 14.0 Å². The van der Waals surface area contributed by atoms with E-state index in [1.54, 1.807) is 7.11 Å². The Labute approximate surface area is 134 Å². The summed E-state index contributed by atoms with van der Waals surface area (Å²) < 4.78 is 16.5.